The van der Waals surface area contributed by atoms with Gasteiger partial charge in [-0.3, -0.25) is 0 Å². The third-order valence-electron chi connectivity index (χ3n) is 2.15. The van der Waals surface area contributed by atoms with Gasteiger partial charge in [0.1, 0.15) is 5.75 Å². The van der Waals surface area contributed by atoms with E-state index in [9.17, 15) is 8.42 Å². The first kappa shape index (κ1) is 18.5. The molecule has 0 amide bonds. The lowest BCUT2D eigenvalue weighted by molar-refractivity contribution is 0.414. The molecule has 0 saturated carbocycles. The van der Waals surface area contributed by atoms with Gasteiger partial charge in [0.15, 0.2) is 0 Å². The second-order valence-electron chi connectivity index (χ2n) is 4.61. The largest absolute Gasteiger partial charge is 0.495 e. The van der Waals surface area contributed by atoms with E-state index >= 15 is 0 Å². The Hall–Kier alpha value is -0.530. The van der Waals surface area contributed by atoms with Crippen LogP contribution in [0.3, 0.4) is 0 Å². The number of hydrogen-bond donors (Lipinski definition) is 2. The minimum absolute atomic E-state index is 0. The summed E-state index contributed by atoms with van der Waals surface area (Å²) in [6, 6.07) is 4.27. The SMILES string of the molecule is COc1ccc(S(=O)(=O)NCC(C)(C)N)cc1Cl.Cl. The smallest absolute Gasteiger partial charge is 0.240 e. The third kappa shape index (κ3) is 5.54. The van der Waals surface area contributed by atoms with Crippen LogP contribution < -0.4 is 15.2 Å². The number of nitrogens with two attached hydrogens (primary N) is 1. The Bertz CT molecular complexity index is 527. The molecular weight excluding hydrogens is 311 g/mol. The molecule has 1 rings (SSSR count). The van der Waals surface area contributed by atoms with Crippen LogP contribution in [-0.4, -0.2) is 27.6 Å². The monoisotopic (exact) mass is 328 g/mol. The lowest BCUT2D eigenvalue weighted by atomic mass is 10.1. The number of halogens is 2. The van der Waals surface area contributed by atoms with E-state index < -0.39 is 15.6 Å². The molecule has 0 aromatic heterocycles. The Balaban J connectivity index is 0.00000324. The van der Waals surface area contributed by atoms with E-state index in [1.54, 1.807) is 13.8 Å². The quantitative estimate of drug-likeness (QED) is 0.863. The molecule has 0 aliphatic carbocycles. The Kier molecular flexibility index (Phi) is 6.57. The van der Waals surface area contributed by atoms with Crippen LogP contribution in [0.2, 0.25) is 5.02 Å². The normalized spacial score (nSPS) is 11.8. The molecule has 110 valence electrons. The molecule has 0 radical (unpaired) electrons. The number of nitrogens with one attached hydrogen (secondary N) is 1. The van der Waals surface area contributed by atoms with E-state index in [0.717, 1.165) is 0 Å². The Morgan fingerprint density at radius 3 is 2.42 bits per heavy atom. The predicted octanol–water partition coefficient (Wildman–Crippen LogP) is 1.79. The van der Waals surface area contributed by atoms with Gasteiger partial charge < -0.3 is 10.5 Å². The average Bonchev–Trinajstić information content (AvgIpc) is 2.25. The van der Waals surface area contributed by atoms with Crippen molar-refractivity contribution in [3.63, 3.8) is 0 Å². The summed E-state index contributed by atoms with van der Waals surface area (Å²) in [5.41, 5.74) is 5.10. The minimum atomic E-state index is -3.61. The summed E-state index contributed by atoms with van der Waals surface area (Å²) in [5, 5.41) is 0.243. The van der Waals surface area contributed by atoms with E-state index in [0.29, 0.717) is 5.75 Å². The fraction of sp³-hybridized carbons (Fsp3) is 0.455. The summed E-state index contributed by atoms with van der Waals surface area (Å²) in [5.74, 6) is 0.426. The molecule has 0 fully saturated rings. The van der Waals surface area contributed by atoms with Gasteiger partial charge in [-0.1, -0.05) is 11.6 Å². The van der Waals surface area contributed by atoms with Crippen molar-refractivity contribution < 1.29 is 13.2 Å². The van der Waals surface area contributed by atoms with E-state index in [4.69, 9.17) is 22.1 Å². The van der Waals surface area contributed by atoms with Crippen LogP contribution in [0.4, 0.5) is 0 Å². The standard InChI is InChI=1S/C11H17ClN2O3S.ClH/c1-11(2,13)7-14-18(15,16)8-4-5-10(17-3)9(12)6-8;/h4-6,14H,7,13H2,1-3H3;1H. The van der Waals surface area contributed by atoms with Crippen molar-refractivity contribution in [2.75, 3.05) is 13.7 Å². The van der Waals surface area contributed by atoms with Crippen molar-refractivity contribution in [2.45, 2.75) is 24.3 Å². The average molecular weight is 329 g/mol. The van der Waals surface area contributed by atoms with E-state index in [-0.39, 0.29) is 28.9 Å². The summed E-state index contributed by atoms with van der Waals surface area (Å²) < 4.78 is 31.3. The van der Waals surface area contributed by atoms with Crippen molar-refractivity contribution in [3.8, 4) is 5.75 Å². The zero-order valence-corrected chi connectivity index (χ0v) is 13.3. The highest BCUT2D eigenvalue weighted by Crippen LogP contribution is 2.26. The molecule has 19 heavy (non-hydrogen) atoms. The zero-order chi connectivity index (χ0) is 14.0. The van der Waals surface area contributed by atoms with E-state index in [2.05, 4.69) is 4.72 Å². The highest BCUT2D eigenvalue weighted by atomic mass is 35.5. The maximum Gasteiger partial charge on any atom is 0.240 e. The molecular formula is C11H18Cl2N2O3S. The van der Waals surface area contributed by atoms with Crippen molar-refractivity contribution in [3.05, 3.63) is 23.2 Å². The van der Waals surface area contributed by atoms with Crippen LogP contribution in [0.15, 0.2) is 23.1 Å². The molecule has 8 heteroatoms. The molecule has 0 aliphatic heterocycles. The highest BCUT2D eigenvalue weighted by molar-refractivity contribution is 7.89. The number of hydrogen-bond acceptors (Lipinski definition) is 4. The molecule has 1 aromatic carbocycles. The summed E-state index contributed by atoms with van der Waals surface area (Å²) in [6.45, 7) is 3.60. The number of methoxy groups -OCH3 is 1. The summed E-state index contributed by atoms with van der Waals surface area (Å²) >= 11 is 5.88. The molecule has 0 atom stereocenters. The fourth-order valence-corrected chi connectivity index (χ4v) is 2.75. The van der Waals surface area contributed by atoms with Crippen molar-refractivity contribution in [1.82, 2.24) is 4.72 Å². The first-order valence-electron chi connectivity index (χ1n) is 5.28. The van der Waals surface area contributed by atoms with Gasteiger partial charge in [-0.05, 0) is 32.0 Å². The third-order valence-corrected chi connectivity index (χ3v) is 3.85. The second kappa shape index (κ2) is 6.76. The zero-order valence-electron chi connectivity index (χ0n) is 10.9. The van der Waals surface area contributed by atoms with Crippen LogP contribution in [0.1, 0.15) is 13.8 Å². The summed E-state index contributed by atoms with van der Waals surface area (Å²) in [7, 11) is -2.15. The number of ether oxygens (including phenoxy) is 1. The summed E-state index contributed by atoms with van der Waals surface area (Å²) in [6.07, 6.45) is 0. The van der Waals surface area contributed by atoms with E-state index in [1.165, 1.54) is 25.3 Å². The van der Waals surface area contributed by atoms with Crippen LogP contribution in [0, 0.1) is 0 Å². The van der Waals surface area contributed by atoms with Gasteiger partial charge in [0.25, 0.3) is 0 Å². The number of benzene rings is 1. The second-order valence-corrected chi connectivity index (χ2v) is 6.78. The maximum atomic E-state index is 12.0. The van der Waals surface area contributed by atoms with Gasteiger partial charge >= 0.3 is 0 Å². The lowest BCUT2D eigenvalue weighted by Gasteiger charge is -2.19. The highest BCUT2D eigenvalue weighted by Gasteiger charge is 2.19. The van der Waals surface area contributed by atoms with Crippen molar-refractivity contribution in [1.29, 1.82) is 0 Å². The first-order chi connectivity index (χ1) is 8.15. The topological polar surface area (TPSA) is 81.4 Å². The van der Waals surface area contributed by atoms with Crippen LogP contribution in [0.5, 0.6) is 5.75 Å². The van der Waals surface area contributed by atoms with Gasteiger partial charge in [-0.25, -0.2) is 13.1 Å². The summed E-state index contributed by atoms with van der Waals surface area (Å²) in [4.78, 5) is 0.0811. The predicted molar refractivity (Wildman–Crippen MR) is 78.7 cm³/mol. The van der Waals surface area contributed by atoms with Gasteiger partial charge in [0, 0.05) is 12.1 Å². The number of sulfonamides is 1. The number of rotatable bonds is 5. The fourth-order valence-electron chi connectivity index (χ4n) is 1.18. The van der Waals surface area contributed by atoms with Gasteiger partial charge in [-0.15, -0.1) is 12.4 Å². The van der Waals surface area contributed by atoms with Gasteiger partial charge in [-0.2, -0.15) is 0 Å². The molecule has 0 bridgehead atoms. The molecule has 0 spiro atoms. The maximum absolute atomic E-state index is 12.0. The van der Waals surface area contributed by atoms with Crippen LogP contribution in [-0.2, 0) is 10.0 Å². The molecule has 0 heterocycles. The van der Waals surface area contributed by atoms with E-state index in [1.807, 2.05) is 0 Å². The molecule has 0 aliphatic rings. The lowest BCUT2D eigenvalue weighted by Crippen LogP contribution is -2.45. The van der Waals surface area contributed by atoms with Crippen LogP contribution >= 0.6 is 24.0 Å². The van der Waals surface area contributed by atoms with Crippen LogP contribution in [0.25, 0.3) is 0 Å². The first-order valence-corrected chi connectivity index (χ1v) is 7.14. The molecule has 0 unspecified atom stereocenters. The molecule has 1 aromatic rings. The van der Waals surface area contributed by atoms with Crippen molar-refractivity contribution >= 4 is 34.0 Å². The Labute approximate surface area is 124 Å². The molecule has 0 saturated heterocycles. The minimum Gasteiger partial charge on any atom is -0.495 e. The Morgan fingerprint density at radius 2 is 2.00 bits per heavy atom. The van der Waals surface area contributed by atoms with Gasteiger partial charge in [0.2, 0.25) is 10.0 Å². The Morgan fingerprint density at radius 1 is 1.42 bits per heavy atom. The molecule has 5 nitrogen and oxygen atoms in total. The van der Waals surface area contributed by atoms with Crippen molar-refractivity contribution in [2.24, 2.45) is 5.73 Å². The molecule has 3 N–H and O–H groups in total. The van der Waals surface area contributed by atoms with Gasteiger partial charge in [0.05, 0.1) is 17.0 Å².